The maximum atomic E-state index is 12.0. The molecule has 2 rings (SSSR count). The molecule has 6 nitrogen and oxygen atoms in total. The van der Waals surface area contributed by atoms with E-state index in [1.165, 1.54) is 11.9 Å². The molecular formula is C18H24N4O2. The van der Waals surface area contributed by atoms with Crippen molar-refractivity contribution in [1.29, 1.82) is 0 Å². The SMILES string of the molecule is COCCCNC(=O)c1cc(NCCCc2ccccc2)ncn1. The zero-order valence-corrected chi connectivity index (χ0v) is 14.0. The Morgan fingerprint density at radius 2 is 1.96 bits per heavy atom. The third-order valence-electron chi connectivity index (χ3n) is 3.50. The van der Waals surface area contributed by atoms with Crippen LogP contribution in [0.3, 0.4) is 0 Å². The minimum absolute atomic E-state index is 0.194. The molecule has 0 aliphatic carbocycles. The summed E-state index contributed by atoms with van der Waals surface area (Å²) in [6.07, 6.45) is 4.18. The number of hydrogen-bond acceptors (Lipinski definition) is 5. The van der Waals surface area contributed by atoms with Crippen LogP contribution in [0.5, 0.6) is 0 Å². The molecule has 6 heteroatoms. The maximum absolute atomic E-state index is 12.0. The molecule has 1 amide bonds. The zero-order chi connectivity index (χ0) is 17.0. The minimum Gasteiger partial charge on any atom is -0.385 e. The highest BCUT2D eigenvalue weighted by Crippen LogP contribution is 2.06. The fourth-order valence-corrected chi connectivity index (χ4v) is 2.24. The summed E-state index contributed by atoms with van der Waals surface area (Å²) in [7, 11) is 1.64. The van der Waals surface area contributed by atoms with Crippen molar-refractivity contribution in [3.05, 3.63) is 54.0 Å². The summed E-state index contributed by atoms with van der Waals surface area (Å²) < 4.78 is 4.95. The van der Waals surface area contributed by atoms with Gasteiger partial charge in [-0.3, -0.25) is 4.79 Å². The Bertz CT molecular complexity index is 619. The largest absolute Gasteiger partial charge is 0.385 e. The normalized spacial score (nSPS) is 10.4. The van der Waals surface area contributed by atoms with Crippen LogP contribution in [-0.4, -0.2) is 42.7 Å². The quantitative estimate of drug-likeness (QED) is 0.655. The average Bonchev–Trinajstić information content (AvgIpc) is 2.63. The molecule has 0 unspecified atom stereocenters. The van der Waals surface area contributed by atoms with Gasteiger partial charge in [0.1, 0.15) is 17.8 Å². The Morgan fingerprint density at radius 1 is 1.12 bits per heavy atom. The van der Waals surface area contributed by atoms with Gasteiger partial charge < -0.3 is 15.4 Å². The highest BCUT2D eigenvalue weighted by Gasteiger charge is 2.07. The Hall–Kier alpha value is -2.47. The molecule has 0 spiro atoms. The summed E-state index contributed by atoms with van der Waals surface area (Å²) in [6.45, 7) is 1.98. The second-order valence-electron chi connectivity index (χ2n) is 5.41. The molecule has 0 saturated carbocycles. The first-order valence-corrected chi connectivity index (χ1v) is 8.16. The molecular weight excluding hydrogens is 304 g/mol. The summed E-state index contributed by atoms with van der Waals surface area (Å²) in [6, 6.07) is 12.0. The van der Waals surface area contributed by atoms with E-state index < -0.39 is 0 Å². The standard InChI is InChI=1S/C18H24N4O2/c1-24-12-6-11-20-18(23)16-13-17(22-14-21-16)19-10-5-9-15-7-3-2-4-8-15/h2-4,7-8,13-14H,5-6,9-12H2,1H3,(H,20,23)(H,19,21,22). The number of anilines is 1. The number of carbonyl (C=O) groups excluding carboxylic acids is 1. The van der Waals surface area contributed by atoms with E-state index in [9.17, 15) is 4.79 Å². The highest BCUT2D eigenvalue weighted by atomic mass is 16.5. The number of nitrogens with one attached hydrogen (secondary N) is 2. The zero-order valence-electron chi connectivity index (χ0n) is 14.0. The van der Waals surface area contributed by atoms with Crippen molar-refractivity contribution in [1.82, 2.24) is 15.3 Å². The number of aromatic nitrogens is 2. The van der Waals surface area contributed by atoms with Gasteiger partial charge in [-0.25, -0.2) is 9.97 Å². The molecule has 1 aromatic heterocycles. The van der Waals surface area contributed by atoms with Gasteiger partial charge in [-0.15, -0.1) is 0 Å². The molecule has 2 aromatic rings. The molecule has 0 aliphatic heterocycles. The lowest BCUT2D eigenvalue weighted by Crippen LogP contribution is -2.26. The van der Waals surface area contributed by atoms with Crippen LogP contribution >= 0.6 is 0 Å². The van der Waals surface area contributed by atoms with E-state index in [4.69, 9.17) is 4.74 Å². The number of amides is 1. The van der Waals surface area contributed by atoms with Gasteiger partial charge in [-0.05, 0) is 24.8 Å². The monoisotopic (exact) mass is 328 g/mol. The second kappa shape index (κ2) is 10.3. The Kier molecular flexibility index (Phi) is 7.70. The lowest BCUT2D eigenvalue weighted by atomic mass is 10.1. The number of nitrogens with zero attached hydrogens (tertiary/aromatic N) is 2. The van der Waals surface area contributed by atoms with Crippen molar-refractivity contribution in [3.8, 4) is 0 Å². The molecule has 0 saturated heterocycles. The van der Waals surface area contributed by atoms with Gasteiger partial charge in [-0.2, -0.15) is 0 Å². The highest BCUT2D eigenvalue weighted by molar-refractivity contribution is 5.92. The lowest BCUT2D eigenvalue weighted by molar-refractivity contribution is 0.0943. The summed E-state index contributed by atoms with van der Waals surface area (Å²) in [5.41, 5.74) is 1.69. The predicted octanol–water partition coefficient (Wildman–Crippen LogP) is 2.29. The van der Waals surface area contributed by atoms with Crippen molar-refractivity contribution < 1.29 is 9.53 Å². The molecule has 128 valence electrons. The van der Waals surface area contributed by atoms with E-state index >= 15 is 0 Å². The van der Waals surface area contributed by atoms with Gasteiger partial charge in [0.15, 0.2) is 0 Å². The van der Waals surface area contributed by atoms with Gasteiger partial charge >= 0.3 is 0 Å². The Labute approximate surface area is 142 Å². The van der Waals surface area contributed by atoms with Crippen LogP contribution in [0.15, 0.2) is 42.7 Å². The van der Waals surface area contributed by atoms with Crippen LogP contribution in [0.25, 0.3) is 0 Å². The minimum atomic E-state index is -0.194. The van der Waals surface area contributed by atoms with Crippen LogP contribution in [-0.2, 0) is 11.2 Å². The first kappa shape index (κ1) is 17.9. The van der Waals surface area contributed by atoms with Crippen LogP contribution < -0.4 is 10.6 Å². The molecule has 2 N–H and O–H groups in total. The number of ether oxygens (including phenoxy) is 1. The molecule has 0 atom stereocenters. The van der Waals surface area contributed by atoms with E-state index in [0.29, 0.717) is 24.7 Å². The van der Waals surface area contributed by atoms with Crippen molar-refractivity contribution in [2.75, 3.05) is 32.1 Å². The van der Waals surface area contributed by atoms with Crippen LogP contribution in [0.4, 0.5) is 5.82 Å². The predicted molar refractivity (Wildman–Crippen MR) is 94.1 cm³/mol. The van der Waals surface area contributed by atoms with Gasteiger partial charge in [-0.1, -0.05) is 30.3 Å². The topological polar surface area (TPSA) is 76.1 Å². The van der Waals surface area contributed by atoms with Crippen molar-refractivity contribution in [2.45, 2.75) is 19.3 Å². The summed E-state index contributed by atoms with van der Waals surface area (Å²) >= 11 is 0. The Morgan fingerprint density at radius 3 is 2.75 bits per heavy atom. The Balaban J connectivity index is 1.74. The van der Waals surface area contributed by atoms with E-state index in [0.717, 1.165) is 25.8 Å². The molecule has 0 aliphatic rings. The number of benzene rings is 1. The van der Waals surface area contributed by atoms with E-state index in [1.54, 1.807) is 13.2 Å². The van der Waals surface area contributed by atoms with Crippen molar-refractivity contribution in [2.24, 2.45) is 0 Å². The molecule has 24 heavy (non-hydrogen) atoms. The summed E-state index contributed by atoms with van der Waals surface area (Å²) in [4.78, 5) is 20.2. The second-order valence-corrected chi connectivity index (χ2v) is 5.41. The van der Waals surface area contributed by atoms with Gasteiger partial charge in [0, 0.05) is 32.9 Å². The number of rotatable bonds is 10. The third kappa shape index (κ3) is 6.34. The maximum Gasteiger partial charge on any atom is 0.270 e. The fraction of sp³-hybridized carbons (Fsp3) is 0.389. The number of aryl methyl sites for hydroxylation is 1. The number of carbonyl (C=O) groups is 1. The first-order valence-electron chi connectivity index (χ1n) is 8.16. The van der Waals surface area contributed by atoms with Crippen LogP contribution in [0, 0.1) is 0 Å². The van der Waals surface area contributed by atoms with Gasteiger partial charge in [0.2, 0.25) is 0 Å². The number of methoxy groups -OCH3 is 1. The smallest absolute Gasteiger partial charge is 0.270 e. The average molecular weight is 328 g/mol. The van der Waals surface area contributed by atoms with E-state index in [2.05, 4.69) is 32.7 Å². The fourth-order valence-electron chi connectivity index (χ4n) is 2.24. The molecule has 0 fully saturated rings. The lowest BCUT2D eigenvalue weighted by Gasteiger charge is -2.08. The molecule has 0 radical (unpaired) electrons. The number of hydrogen-bond donors (Lipinski definition) is 2. The first-order chi connectivity index (χ1) is 11.8. The molecule has 0 bridgehead atoms. The van der Waals surface area contributed by atoms with Crippen molar-refractivity contribution >= 4 is 11.7 Å². The molecule has 1 aromatic carbocycles. The van der Waals surface area contributed by atoms with Gasteiger partial charge in [0.05, 0.1) is 0 Å². The third-order valence-corrected chi connectivity index (χ3v) is 3.50. The van der Waals surface area contributed by atoms with Gasteiger partial charge in [0.25, 0.3) is 5.91 Å². The summed E-state index contributed by atoms with van der Waals surface area (Å²) in [5, 5.41) is 6.05. The van der Waals surface area contributed by atoms with E-state index in [-0.39, 0.29) is 5.91 Å². The van der Waals surface area contributed by atoms with Crippen LogP contribution in [0.2, 0.25) is 0 Å². The summed E-state index contributed by atoms with van der Waals surface area (Å²) in [5.74, 6) is 0.473. The van der Waals surface area contributed by atoms with Crippen molar-refractivity contribution in [3.63, 3.8) is 0 Å². The van der Waals surface area contributed by atoms with E-state index in [1.807, 2.05) is 18.2 Å². The molecule has 1 heterocycles. The van der Waals surface area contributed by atoms with Crippen LogP contribution in [0.1, 0.15) is 28.9 Å².